The number of carbonyl (C=O) groups is 1. The number of aromatic nitrogens is 3. The van der Waals surface area contributed by atoms with E-state index in [0.717, 1.165) is 31.2 Å². The molecule has 0 bridgehead atoms. The van der Waals surface area contributed by atoms with Crippen molar-refractivity contribution in [1.29, 1.82) is 5.26 Å². The lowest BCUT2D eigenvalue weighted by Gasteiger charge is -2.27. The number of nitrogens with two attached hydrogens (primary N) is 1. The van der Waals surface area contributed by atoms with Crippen molar-refractivity contribution >= 4 is 46.8 Å². The van der Waals surface area contributed by atoms with E-state index >= 15 is 0 Å². The van der Waals surface area contributed by atoms with Crippen molar-refractivity contribution in [3.63, 3.8) is 0 Å². The quantitative estimate of drug-likeness (QED) is 0.413. The lowest BCUT2D eigenvalue weighted by molar-refractivity contribution is -0.113. The molecule has 0 saturated heterocycles. The van der Waals surface area contributed by atoms with Gasteiger partial charge in [-0.25, -0.2) is 9.97 Å². The number of nitrogens with zero attached hydrogens (tertiary/aromatic N) is 3. The van der Waals surface area contributed by atoms with E-state index in [-0.39, 0.29) is 36.2 Å². The van der Waals surface area contributed by atoms with Crippen LogP contribution < -0.4 is 20.5 Å². The summed E-state index contributed by atoms with van der Waals surface area (Å²) in [5, 5.41) is 12.6. The summed E-state index contributed by atoms with van der Waals surface area (Å²) in [7, 11) is 1.60. The van der Waals surface area contributed by atoms with E-state index in [1.54, 1.807) is 38.4 Å². The van der Waals surface area contributed by atoms with Gasteiger partial charge >= 0.3 is 0 Å². The number of hydrogen-bond acceptors (Lipinski definition) is 8. The van der Waals surface area contributed by atoms with Crippen molar-refractivity contribution in [2.45, 2.75) is 49.9 Å². The van der Waals surface area contributed by atoms with Crippen LogP contribution in [0.3, 0.4) is 0 Å². The Morgan fingerprint density at radius 3 is 2.79 bits per heavy atom. The van der Waals surface area contributed by atoms with Crippen LogP contribution in [-0.4, -0.2) is 45.9 Å². The van der Waals surface area contributed by atoms with Crippen LogP contribution in [0.5, 0.6) is 11.5 Å². The van der Waals surface area contributed by atoms with Crippen molar-refractivity contribution in [3.05, 3.63) is 35.7 Å². The number of methoxy groups -OCH3 is 1. The minimum Gasteiger partial charge on any atom is -0.493 e. The monoisotopic (exact) mass is 502 g/mol. The maximum atomic E-state index is 12.5. The normalized spacial score (nSPS) is 17.5. The molecule has 0 aliphatic heterocycles. The van der Waals surface area contributed by atoms with Gasteiger partial charge in [0.2, 0.25) is 5.91 Å². The molecule has 34 heavy (non-hydrogen) atoms. The summed E-state index contributed by atoms with van der Waals surface area (Å²) in [6, 6.07) is 7.66. The molecular formula is C23H27ClN6O3S. The number of aromatic amines is 1. The van der Waals surface area contributed by atoms with Crippen LogP contribution in [0.1, 0.15) is 36.9 Å². The van der Waals surface area contributed by atoms with E-state index in [1.165, 1.54) is 11.8 Å². The number of pyridine rings is 1. The third-order valence-electron chi connectivity index (χ3n) is 5.65. The van der Waals surface area contributed by atoms with Gasteiger partial charge in [0.05, 0.1) is 36.2 Å². The molecule has 9 nitrogen and oxygen atoms in total. The average molecular weight is 503 g/mol. The molecule has 0 radical (unpaired) electrons. The smallest absolute Gasteiger partial charge is 0.234 e. The van der Waals surface area contributed by atoms with Crippen LogP contribution in [0, 0.1) is 18.3 Å². The van der Waals surface area contributed by atoms with Gasteiger partial charge in [0.15, 0.2) is 16.7 Å². The Morgan fingerprint density at radius 1 is 1.32 bits per heavy atom. The number of hydrogen-bond donors (Lipinski definition) is 3. The fourth-order valence-corrected chi connectivity index (χ4v) is 4.50. The molecule has 2 aromatic heterocycles. The predicted molar refractivity (Wildman–Crippen MR) is 134 cm³/mol. The zero-order valence-corrected chi connectivity index (χ0v) is 20.6. The topological polar surface area (TPSA) is 139 Å². The van der Waals surface area contributed by atoms with E-state index in [1.807, 2.05) is 0 Å². The molecule has 1 fully saturated rings. The molecule has 0 unspecified atom stereocenters. The second-order valence-electron chi connectivity index (χ2n) is 8.00. The van der Waals surface area contributed by atoms with Gasteiger partial charge < -0.3 is 25.5 Å². The van der Waals surface area contributed by atoms with Crippen LogP contribution in [0.4, 0.5) is 5.69 Å². The molecule has 11 heteroatoms. The third kappa shape index (κ3) is 5.91. The fourth-order valence-electron chi connectivity index (χ4n) is 3.83. The van der Waals surface area contributed by atoms with Gasteiger partial charge in [-0.15, -0.1) is 12.4 Å². The predicted octanol–water partition coefficient (Wildman–Crippen LogP) is 3.95. The zero-order valence-electron chi connectivity index (χ0n) is 19.0. The Hall–Kier alpha value is -3.00. The highest BCUT2D eigenvalue weighted by atomic mass is 35.5. The van der Waals surface area contributed by atoms with Crippen LogP contribution in [0.15, 0.2) is 29.6 Å². The standard InChI is InChI=1S/C23H26N6O3S.ClH/c1-13-17(10-24)26-11-18-22(13)29-23(28-18)33-12-21(30)27-15-5-8-19(31-2)20(9-15)32-16-6-3-14(25)4-7-16;/h5,8-9,11,14,16H,3-4,6-7,12,25H2,1-2H3,(H,27,30)(H,28,29);1H/t14-,16-;. The van der Waals surface area contributed by atoms with E-state index in [4.69, 9.17) is 20.5 Å². The third-order valence-corrected chi connectivity index (χ3v) is 6.52. The first-order valence-corrected chi connectivity index (χ1v) is 11.7. The molecule has 0 atom stereocenters. The number of anilines is 1. The van der Waals surface area contributed by atoms with Gasteiger partial charge in [-0.05, 0) is 44.7 Å². The van der Waals surface area contributed by atoms with Crippen molar-refractivity contribution < 1.29 is 14.3 Å². The number of rotatable bonds is 7. The average Bonchev–Trinajstić information content (AvgIpc) is 3.24. The first-order valence-electron chi connectivity index (χ1n) is 10.7. The number of thioether (sulfide) groups is 1. The van der Waals surface area contributed by atoms with Gasteiger partial charge in [-0.3, -0.25) is 4.79 Å². The summed E-state index contributed by atoms with van der Waals surface area (Å²) >= 11 is 1.28. The number of benzene rings is 1. The number of fused-ring (bicyclic) bond motifs is 1. The number of H-pyrrole nitrogens is 1. The van der Waals surface area contributed by atoms with Crippen LogP contribution in [0.2, 0.25) is 0 Å². The summed E-state index contributed by atoms with van der Waals surface area (Å²) in [6.45, 7) is 1.81. The summed E-state index contributed by atoms with van der Waals surface area (Å²) < 4.78 is 11.6. The molecule has 4 N–H and O–H groups in total. The van der Waals surface area contributed by atoms with Gasteiger partial charge in [-0.1, -0.05) is 11.8 Å². The molecule has 3 aromatic rings. The van der Waals surface area contributed by atoms with Crippen LogP contribution >= 0.6 is 24.2 Å². The molecule has 1 amide bonds. The Bertz CT molecular complexity index is 1200. The lowest BCUT2D eigenvalue weighted by atomic mass is 9.94. The number of halogens is 1. The molecule has 1 saturated carbocycles. The molecule has 1 aromatic carbocycles. The van der Waals surface area contributed by atoms with Gasteiger partial charge in [0.1, 0.15) is 11.8 Å². The number of nitrogens with one attached hydrogen (secondary N) is 2. The largest absolute Gasteiger partial charge is 0.493 e. The number of nitriles is 1. The van der Waals surface area contributed by atoms with Crippen LogP contribution in [-0.2, 0) is 4.79 Å². The molecule has 0 spiro atoms. The number of ether oxygens (including phenoxy) is 2. The molecule has 4 rings (SSSR count). The Balaban J connectivity index is 0.00000324. The number of aryl methyl sites for hydroxylation is 1. The minimum atomic E-state index is -0.173. The van der Waals surface area contributed by atoms with Crippen molar-refractivity contribution in [2.24, 2.45) is 5.73 Å². The summed E-state index contributed by atoms with van der Waals surface area (Å²) in [5.74, 6) is 1.23. The maximum Gasteiger partial charge on any atom is 0.234 e. The minimum absolute atomic E-state index is 0. The summed E-state index contributed by atoms with van der Waals surface area (Å²) in [6.07, 6.45) is 5.36. The Labute approximate surface area is 208 Å². The van der Waals surface area contributed by atoms with Crippen molar-refractivity contribution in [2.75, 3.05) is 18.2 Å². The van der Waals surface area contributed by atoms with Crippen LogP contribution in [0.25, 0.3) is 11.0 Å². The summed E-state index contributed by atoms with van der Waals surface area (Å²) in [4.78, 5) is 24.3. The number of amides is 1. The zero-order chi connectivity index (χ0) is 23.4. The second kappa shape index (κ2) is 11.4. The highest BCUT2D eigenvalue weighted by Crippen LogP contribution is 2.33. The highest BCUT2D eigenvalue weighted by molar-refractivity contribution is 7.99. The van der Waals surface area contributed by atoms with E-state index in [2.05, 4.69) is 26.3 Å². The second-order valence-corrected chi connectivity index (χ2v) is 8.97. The van der Waals surface area contributed by atoms with E-state index in [9.17, 15) is 4.79 Å². The van der Waals surface area contributed by atoms with Gasteiger partial charge in [0, 0.05) is 23.4 Å². The Kier molecular flexibility index (Phi) is 8.61. The van der Waals surface area contributed by atoms with E-state index < -0.39 is 0 Å². The molecular weight excluding hydrogens is 476 g/mol. The lowest BCUT2D eigenvalue weighted by Crippen LogP contribution is -2.31. The highest BCUT2D eigenvalue weighted by Gasteiger charge is 2.21. The SMILES string of the molecule is COc1ccc(NC(=O)CSc2nc3c(C)c(C#N)ncc3[nH]2)cc1O[C@H]1CC[C@H](N)CC1.Cl. The summed E-state index contributed by atoms with van der Waals surface area (Å²) in [5.41, 5.74) is 9.09. The fraction of sp³-hybridized carbons (Fsp3) is 0.391. The molecule has 2 heterocycles. The van der Waals surface area contributed by atoms with Gasteiger partial charge in [-0.2, -0.15) is 5.26 Å². The first kappa shape index (κ1) is 25.6. The number of carbonyl (C=O) groups excluding carboxylic acids is 1. The molecule has 1 aliphatic rings. The van der Waals surface area contributed by atoms with E-state index in [0.29, 0.717) is 39.1 Å². The first-order chi connectivity index (χ1) is 16.0. The molecule has 180 valence electrons. The number of imidazole rings is 1. The molecule has 1 aliphatic carbocycles. The maximum absolute atomic E-state index is 12.5. The van der Waals surface area contributed by atoms with Gasteiger partial charge in [0.25, 0.3) is 0 Å². The van der Waals surface area contributed by atoms with Crippen molar-refractivity contribution in [1.82, 2.24) is 15.0 Å². The van der Waals surface area contributed by atoms with Crippen molar-refractivity contribution in [3.8, 4) is 17.6 Å². The Morgan fingerprint density at radius 2 is 2.09 bits per heavy atom.